The quantitative estimate of drug-likeness (QED) is 0.644. The van der Waals surface area contributed by atoms with Crippen molar-refractivity contribution in [3.63, 3.8) is 0 Å². The first-order valence-electron chi connectivity index (χ1n) is 8.69. The van der Waals surface area contributed by atoms with Gasteiger partial charge in [0.05, 0.1) is 17.8 Å². The first kappa shape index (κ1) is 21.0. The van der Waals surface area contributed by atoms with Crippen molar-refractivity contribution in [2.75, 3.05) is 26.5 Å². The molecule has 1 amide bonds. The number of aromatic nitrogens is 1. The zero-order valence-electron chi connectivity index (χ0n) is 16.5. The Kier molecular flexibility index (Phi) is 6.02. The fraction of sp³-hybridized carbons (Fsp3) is 0.200. The van der Waals surface area contributed by atoms with Crippen LogP contribution in [0, 0.1) is 6.92 Å². The van der Waals surface area contributed by atoms with Gasteiger partial charge in [-0.2, -0.15) is 0 Å². The maximum Gasteiger partial charge on any atom is 0.268 e. The summed E-state index contributed by atoms with van der Waals surface area (Å²) in [5.41, 5.74) is 1.79. The molecule has 0 aliphatic heterocycles. The van der Waals surface area contributed by atoms with Crippen LogP contribution in [0.1, 0.15) is 14.7 Å². The number of amides is 1. The Bertz CT molecular complexity index is 1140. The summed E-state index contributed by atoms with van der Waals surface area (Å²) in [7, 11) is 0.529. The molecule has 2 aromatic carbocycles. The van der Waals surface area contributed by atoms with Crippen LogP contribution in [0.25, 0.3) is 11.3 Å². The molecule has 0 spiro atoms. The smallest absolute Gasteiger partial charge is 0.268 e. The molecule has 3 aromatic rings. The second kappa shape index (κ2) is 8.32. The highest BCUT2D eigenvalue weighted by Crippen LogP contribution is 2.31. The molecule has 0 saturated carbocycles. The molecule has 9 heteroatoms. The van der Waals surface area contributed by atoms with Crippen molar-refractivity contribution in [3.05, 3.63) is 58.4 Å². The Morgan fingerprint density at radius 3 is 2.45 bits per heavy atom. The van der Waals surface area contributed by atoms with Crippen molar-refractivity contribution in [1.82, 2.24) is 9.29 Å². The van der Waals surface area contributed by atoms with Crippen LogP contribution in [0.4, 0.5) is 5.69 Å². The SMILES string of the molecule is COc1ccc(NC(=O)c2sc(C)nc2-c2ccccc2)cc1S(=O)(=O)N(C)C. The minimum atomic E-state index is -3.74. The van der Waals surface area contributed by atoms with Gasteiger partial charge in [0.15, 0.2) is 0 Å². The topological polar surface area (TPSA) is 88.6 Å². The Hall–Kier alpha value is -2.75. The maximum atomic E-state index is 12.9. The van der Waals surface area contributed by atoms with Gasteiger partial charge in [-0.15, -0.1) is 11.3 Å². The second-order valence-electron chi connectivity index (χ2n) is 6.38. The van der Waals surface area contributed by atoms with E-state index in [1.54, 1.807) is 6.07 Å². The molecule has 0 aliphatic carbocycles. The molecule has 7 nitrogen and oxygen atoms in total. The monoisotopic (exact) mass is 431 g/mol. The summed E-state index contributed by atoms with van der Waals surface area (Å²) in [6, 6.07) is 13.9. The predicted octanol–water partition coefficient (Wildman–Crippen LogP) is 3.63. The lowest BCUT2D eigenvalue weighted by atomic mass is 10.1. The van der Waals surface area contributed by atoms with Crippen LogP contribution in [0.3, 0.4) is 0 Å². The highest BCUT2D eigenvalue weighted by Gasteiger charge is 2.24. The average Bonchev–Trinajstić information content (AvgIpc) is 3.10. The molecule has 152 valence electrons. The summed E-state index contributed by atoms with van der Waals surface area (Å²) in [5, 5.41) is 3.54. The lowest BCUT2D eigenvalue weighted by Gasteiger charge is -2.16. The molecule has 1 heterocycles. The van der Waals surface area contributed by atoms with Crippen LogP contribution in [0.5, 0.6) is 5.75 Å². The molecule has 29 heavy (non-hydrogen) atoms. The molecule has 0 unspecified atom stereocenters. The first-order chi connectivity index (χ1) is 13.7. The van der Waals surface area contributed by atoms with E-state index in [0.717, 1.165) is 14.9 Å². The number of thiazole rings is 1. The van der Waals surface area contributed by atoms with E-state index >= 15 is 0 Å². The third-order valence-electron chi connectivity index (χ3n) is 4.17. The summed E-state index contributed by atoms with van der Waals surface area (Å²) in [6.07, 6.45) is 0. The lowest BCUT2D eigenvalue weighted by molar-refractivity contribution is 0.103. The zero-order chi connectivity index (χ0) is 21.2. The standard InChI is InChI=1S/C20H21N3O4S2/c1-13-21-18(14-8-6-5-7-9-14)19(28-13)20(24)22-15-10-11-16(27-4)17(12-15)29(25,26)23(2)3/h5-12H,1-4H3,(H,22,24). The number of hydrogen-bond acceptors (Lipinski definition) is 6. The van der Waals surface area contributed by atoms with Gasteiger partial charge in [-0.1, -0.05) is 30.3 Å². The number of rotatable bonds is 6. The zero-order valence-corrected chi connectivity index (χ0v) is 18.1. The molecule has 0 bridgehead atoms. The van der Waals surface area contributed by atoms with Crippen LogP contribution in [-0.2, 0) is 10.0 Å². The van der Waals surface area contributed by atoms with Crippen LogP contribution >= 0.6 is 11.3 Å². The molecule has 1 aromatic heterocycles. The molecular formula is C20H21N3O4S2. The largest absolute Gasteiger partial charge is 0.495 e. The number of methoxy groups -OCH3 is 1. The second-order valence-corrected chi connectivity index (χ2v) is 9.71. The van der Waals surface area contributed by atoms with E-state index in [2.05, 4.69) is 10.3 Å². The van der Waals surface area contributed by atoms with E-state index in [1.165, 1.54) is 44.7 Å². The highest BCUT2D eigenvalue weighted by atomic mass is 32.2. The van der Waals surface area contributed by atoms with Gasteiger partial charge in [0.2, 0.25) is 10.0 Å². The predicted molar refractivity (Wildman–Crippen MR) is 114 cm³/mol. The Morgan fingerprint density at radius 1 is 1.14 bits per heavy atom. The van der Waals surface area contributed by atoms with E-state index in [4.69, 9.17) is 4.74 Å². The van der Waals surface area contributed by atoms with Gasteiger partial charge in [-0.05, 0) is 25.1 Å². The van der Waals surface area contributed by atoms with E-state index < -0.39 is 10.0 Å². The Morgan fingerprint density at radius 2 is 1.83 bits per heavy atom. The number of nitrogens with zero attached hydrogens (tertiary/aromatic N) is 2. The minimum absolute atomic E-state index is 0.0217. The van der Waals surface area contributed by atoms with Crippen LogP contribution in [0.15, 0.2) is 53.4 Å². The maximum absolute atomic E-state index is 12.9. The van der Waals surface area contributed by atoms with E-state index in [0.29, 0.717) is 16.3 Å². The number of aryl methyl sites for hydroxylation is 1. The summed E-state index contributed by atoms with van der Waals surface area (Å²) in [6.45, 7) is 1.84. The third kappa shape index (κ3) is 4.31. The molecular weight excluding hydrogens is 410 g/mol. The molecule has 3 rings (SSSR count). The van der Waals surface area contributed by atoms with E-state index in [9.17, 15) is 13.2 Å². The van der Waals surface area contributed by atoms with Crippen LogP contribution in [-0.4, -0.2) is 44.8 Å². The van der Waals surface area contributed by atoms with Gasteiger partial charge in [-0.3, -0.25) is 4.79 Å². The number of carbonyl (C=O) groups is 1. The van der Waals surface area contributed by atoms with Crippen molar-refractivity contribution >= 4 is 33.0 Å². The van der Waals surface area contributed by atoms with Gasteiger partial charge in [0.1, 0.15) is 15.5 Å². The third-order valence-corrected chi connectivity index (χ3v) is 6.97. The van der Waals surface area contributed by atoms with Gasteiger partial charge in [-0.25, -0.2) is 17.7 Å². The summed E-state index contributed by atoms with van der Waals surface area (Å²) in [5.74, 6) is -0.150. The Balaban J connectivity index is 1.97. The number of hydrogen-bond donors (Lipinski definition) is 1. The molecule has 0 aliphatic rings. The van der Waals surface area contributed by atoms with Gasteiger partial charge in [0.25, 0.3) is 5.91 Å². The Labute approximate surface area is 174 Å². The molecule has 0 saturated heterocycles. The molecule has 1 N–H and O–H groups in total. The van der Waals surface area contributed by atoms with Crippen molar-refractivity contribution in [1.29, 1.82) is 0 Å². The van der Waals surface area contributed by atoms with Crippen molar-refractivity contribution < 1.29 is 17.9 Å². The summed E-state index contributed by atoms with van der Waals surface area (Å²) >= 11 is 1.28. The normalized spacial score (nSPS) is 11.5. The van der Waals surface area contributed by atoms with Crippen LogP contribution < -0.4 is 10.1 Å². The van der Waals surface area contributed by atoms with Crippen molar-refractivity contribution in [2.24, 2.45) is 0 Å². The number of benzene rings is 2. The van der Waals surface area contributed by atoms with Crippen molar-refractivity contribution in [2.45, 2.75) is 11.8 Å². The number of anilines is 1. The fourth-order valence-electron chi connectivity index (χ4n) is 2.71. The van der Waals surface area contributed by atoms with E-state index in [1.807, 2.05) is 37.3 Å². The van der Waals surface area contributed by atoms with Gasteiger partial charge < -0.3 is 10.1 Å². The molecule has 0 atom stereocenters. The summed E-state index contributed by atoms with van der Waals surface area (Å²) in [4.78, 5) is 17.9. The molecule has 0 radical (unpaired) electrons. The van der Waals surface area contributed by atoms with Gasteiger partial charge >= 0.3 is 0 Å². The number of carbonyl (C=O) groups excluding carboxylic acids is 1. The fourth-order valence-corrected chi connectivity index (χ4v) is 4.62. The summed E-state index contributed by atoms with van der Waals surface area (Å²) < 4.78 is 31.4. The van der Waals surface area contributed by atoms with Gasteiger partial charge in [0, 0.05) is 25.3 Å². The number of sulfonamides is 1. The molecule has 0 fully saturated rings. The average molecular weight is 432 g/mol. The number of ether oxygens (including phenoxy) is 1. The lowest BCUT2D eigenvalue weighted by Crippen LogP contribution is -2.23. The van der Waals surface area contributed by atoms with E-state index in [-0.39, 0.29) is 16.6 Å². The van der Waals surface area contributed by atoms with Crippen LogP contribution in [0.2, 0.25) is 0 Å². The first-order valence-corrected chi connectivity index (χ1v) is 10.9. The minimum Gasteiger partial charge on any atom is -0.495 e. The van der Waals surface area contributed by atoms with Crippen molar-refractivity contribution in [3.8, 4) is 17.0 Å². The highest BCUT2D eigenvalue weighted by molar-refractivity contribution is 7.89. The number of nitrogens with one attached hydrogen (secondary N) is 1.